The number of hydrogen-bond acceptors (Lipinski definition) is 2. The lowest BCUT2D eigenvalue weighted by Crippen LogP contribution is -2.16. The zero-order chi connectivity index (χ0) is 25.1. The van der Waals surface area contributed by atoms with Gasteiger partial charge in [-0.25, -0.2) is 0 Å². The molecule has 2 heteroatoms. The molecule has 1 aliphatic carbocycles. The number of benzene rings is 2. The lowest BCUT2D eigenvalue weighted by atomic mass is 9.78. The van der Waals surface area contributed by atoms with Crippen LogP contribution in [0.15, 0.2) is 60.3 Å². The van der Waals surface area contributed by atoms with Crippen molar-refractivity contribution >= 4 is 0 Å². The van der Waals surface area contributed by atoms with Gasteiger partial charge in [-0.1, -0.05) is 78.0 Å². The van der Waals surface area contributed by atoms with E-state index in [0.29, 0.717) is 5.92 Å². The fourth-order valence-electron chi connectivity index (χ4n) is 5.37. The Balaban J connectivity index is 0.00000199. The minimum atomic E-state index is 0.215. The fourth-order valence-corrected chi connectivity index (χ4v) is 5.37. The molecule has 0 aliphatic heterocycles. The number of hydrogen-bond donors (Lipinski definition) is 0. The highest BCUT2D eigenvalue weighted by molar-refractivity contribution is 5.48. The first kappa shape index (κ1) is 27.8. The molecule has 34 heavy (non-hydrogen) atoms. The second-order valence-corrected chi connectivity index (χ2v) is 9.20. The van der Waals surface area contributed by atoms with Crippen molar-refractivity contribution in [1.82, 2.24) is 0 Å². The molecule has 0 bridgehead atoms. The van der Waals surface area contributed by atoms with E-state index in [1.54, 1.807) is 14.2 Å². The molecule has 0 N–H and O–H groups in total. The van der Waals surface area contributed by atoms with Crippen LogP contribution in [0, 0.1) is 5.92 Å². The van der Waals surface area contributed by atoms with Gasteiger partial charge in [0.2, 0.25) is 0 Å². The largest absolute Gasteiger partial charge is 0.493 e. The third kappa shape index (κ3) is 6.36. The summed E-state index contributed by atoms with van der Waals surface area (Å²) in [5.41, 5.74) is 8.98. The molecule has 3 rings (SSSR count). The van der Waals surface area contributed by atoms with E-state index >= 15 is 0 Å². The lowest BCUT2D eigenvalue weighted by molar-refractivity contribution is 0.353. The van der Waals surface area contributed by atoms with Gasteiger partial charge in [0.25, 0.3) is 0 Å². The summed E-state index contributed by atoms with van der Waals surface area (Å²) < 4.78 is 11.1. The van der Waals surface area contributed by atoms with Gasteiger partial charge in [0.05, 0.1) is 14.2 Å². The molecular weight excluding hydrogens is 416 g/mol. The summed E-state index contributed by atoms with van der Waals surface area (Å²) in [7, 11) is 3.43. The van der Waals surface area contributed by atoms with E-state index in [1.165, 1.54) is 41.5 Å². The molecule has 1 saturated carbocycles. The lowest BCUT2D eigenvalue weighted by Gasteiger charge is -2.27. The van der Waals surface area contributed by atoms with Crippen molar-refractivity contribution in [3.8, 4) is 11.5 Å². The van der Waals surface area contributed by atoms with Crippen LogP contribution in [0.4, 0.5) is 0 Å². The van der Waals surface area contributed by atoms with Crippen LogP contribution in [0.2, 0.25) is 0 Å². The first-order valence-corrected chi connectivity index (χ1v) is 13.2. The van der Waals surface area contributed by atoms with Gasteiger partial charge < -0.3 is 9.47 Å². The van der Waals surface area contributed by atoms with E-state index in [-0.39, 0.29) is 5.41 Å². The normalized spacial score (nSPS) is 19.3. The van der Waals surface area contributed by atoms with E-state index in [0.717, 1.165) is 43.1 Å². The second-order valence-electron chi connectivity index (χ2n) is 9.20. The highest BCUT2D eigenvalue weighted by Crippen LogP contribution is 2.61. The van der Waals surface area contributed by atoms with Crippen molar-refractivity contribution in [2.75, 3.05) is 14.2 Å². The zero-order valence-corrected chi connectivity index (χ0v) is 22.7. The zero-order valence-electron chi connectivity index (χ0n) is 22.7. The van der Waals surface area contributed by atoms with Crippen LogP contribution in [0.1, 0.15) is 95.8 Å². The molecule has 1 aliphatic rings. The molecule has 3 unspecified atom stereocenters. The van der Waals surface area contributed by atoms with Crippen molar-refractivity contribution in [2.24, 2.45) is 5.92 Å². The molecule has 0 aromatic heterocycles. The van der Waals surface area contributed by atoms with Crippen LogP contribution in [-0.4, -0.2) is 14.2 Å². The standard InChI is InChI=1S/C30H40O2.C2H6/c1-7-22(8-2)11-16-25(24-14-12-23(9-3)13-15-24)20-30(21-26(30)10-4)27-17-18-28(31-5)29(19-27)32-6;1-2/h12-15,17-19,25-26H,1,8-11,16,20-21H2,2-6H3;1-2H3. The first-order chi connectivity index (χ1) is 16.5. The van der Waals surface area contributed by atoms with Gasteiger partial charge in [0.15, 0.2) is 11.5 Å². The summed E-state index contributed by atoms with van der Waals surface area (Å²) in [6, 6.07) is 15.9. The maximum absolute atomic E-state index is 5.65. The number of rotatable bonds is 12. The van der Waals surface area contributed by atoms with Gasteiger partial charge in [0, 0.05) is 0 Å². The van der Waals surface area contributed by atoms with Crippen LogP contribution in [-0.2, 0) is 11.8 Å². The Hall–Kier alpha value is -2.44. The molecule has 0 saturated heterocycles. The third-order valence-corrected chi connectivity index (χ3v) is 7.62. The summed E-state index contributed by atoms with van der Waals surface area (Å²) in [5, 5.41) is 0. The van der Waals surface area contributed by atoms with E-state index in [2.05, 4.69) is 75.5 Å². The quantitative estimate of drug-likeness (QED) is 0.293. The Labute approximate surface area is 209 Å². The maximum atomic E-state index is 5.65. The molecule has 1 fully saturated rings. The molecule has 0 radical (unpaired) electrons. The number of allylic oxidation sites excluding steroid dienone is 1. The Morgan fingerprint density at radius 1 is 1.03 bits per heavy atom. The Morgan fingerprint density at radius 2 is 1.71 bits per heavy atom. The van der Waals surface area contributed by atoms with Gasteiger partial charge in [-0.2, -0.15) is 0 Å². The summed E-state index contributed by atoms with van der Waals surface area (Å²) >= 11 is 0. The average Bonchev–Trinajstić information content (AvgIpc) is 3.63. The molecule has 2 aromatic rings. The van der Waals surface area contributed by atoms with Crippen LogP contribution >= 0.6 is 0 Å². The summed E-state index contributed by atoms with van der Waals surface area (Å²) in [4.78, 5) is 0. The Bertz CT molecular complexity index is 936. The van der Waals surface area contributed by atoms with Crippen LogP contribution in [0.3, 0.4) is 0 Å². The summed E-state index contributed by atoms with van der Waals surface area (Å²) in [6.45, 7) is 14.7. The molecular formula is C32H46O2. The van der Waals surface area contributed by atoms with Gasteiger partial charge in [-0.15, -0.1) is 5.73 Å². The van der Waals surface area contributed by atoms with Crippen molar-refractivity contribution in [3.05, 3.63) is 77.0 Å². The van der Waals surface area contributed by atoms with Gasteiger partial charge in [-0.05, 0) is 90.2 Å². The molecule has 0 heterocycles. The van der Waals surface area contributed by atoms with Gasteiger partial charge >= 0.3 is 0 Å². The molecule has 3 atom stereocenters. The van der Waals surface area contributed by atoms with E-state index in [4.69, 9.17) is 9.47 Å². The Kier molecular flexibility index (Phi) is 11.0. The molecule has 0 spiro atoms. The second kappa shape index (κ2) is 13.4. The smallest absolute Gasteiger partial charge is 0.161 e. The predicted molar refractivity (Wildman–Crippen MR) is 146 cm³/mol. The monoisotopic (exact) mass is 462 g/mol. The molecule has 2 aromatic carbocycles. The van der Waals surface area contributed by atoms with Crippen LogP contribution in [0.5, 0.6) is 11.5 Å². The summed E-state index contributed by atoms with van der Waals surface area (Å²) in [5.74, 6) is 2.87. The highest BCUT2D eigenvalue weighted by Gasteiger charge is 2.54. The predicted octanol–water partition coefficient (Wildman–Crippen LogP) is 9.04. The van der Waals surface area contributed by atoms with Crippen LogP contribution in [0.25, 0.3) is 0 Å². The van der Waals surface area contributed by atoms with Gasteiger partial charge in [-0.3, -0.25) is 0 Å². The highest BCUT2D eigenvalue weighted by atomic mass is 16.5. The minimum absolute atomic E-state index is 0.215. The van der Waals surface area contributed by atoms with Crippen LogP contribution < -0.4 is 9.47 Å². The fraction of sp³-hybridized carbons (Fsp3) is 0.531. The van der Waals surface area contributed by atoms with E-state index in [1.807, 2.05) is 13.8 Å². The molecule has 0 amide bonds. The number of ether oxygens (including phenoxy) is 2. The number of methoxy groups -OCH3 is 2. The van der Waals surface area contributed by atoms with Crippen molar-refractivity contribution in [1.29, 1.82) is 0 Å². The SMILES string of the molecule is C=C=C(CC)CCC(CC1(c2ccc(OC)c(OC)c2)CC1CC)c1ccc(CC)cc1.CC. The third-order valence-electron chi connectivity index (χ3n) is 7.62. The number of aryl methyl sites for hydroxylation is 1. The Morgan fingerprint density at radius 3 is 2.21 bits per heavy atom. The van der Waals surface area contributed by atoms with E-state index < -0.39 is 0 Å². The van der Waals surface area contributed by atoms with Crippen molar-refractivity contribution in [3.63, 3.8) is 0 Å². The van der Waals surface area contributed by atoms with Crippen molar-refractivity contribution < 1.29 is 9.47 Å². The maximum Gasteiger partial charge on any atom is 0.161 e. The van der Waals surface area contributed by atoms with Crippen molar-refractivity contribution in [2.45, 2.75) is 90.9 Å². The minimum Gasteiger partial charge on any atom is -0.493 e. The summed E-state index contributed by atoms with van der Waals surface area (Å²) in [6.07, 6.45) is 7.95. The molecule has 186 valence electrons. The average molecular weight is 463 g/mol. The van der Waals surface area contributed by atoms with Gasteiger partial charge in [0.1, 0.15) is 0 Å². The topological polar surface area (TPSA) is 18.5 Å². The molecule has 2 nitrogen and oxygen atoms in total. The van der Waals surface area contributed by atoms with E-state index in [9.17, 15) is 0 Å². The first-order valence-electron chi connectivity index (χ1n) is 13.2.